The van der Waals surface area contributed by atoms with E-state index in [-0.39, 0.29) is 23.4 Å². The number of carboxylic acid groups (broad SMARTS) is 1. The summed E-state index contributed by atoms with van der Waals surface area (Å²) in [6.45, 7) is 3.11. The van der Waals surface area contributed by atoms with E-state index in [1.807, 2.05) is 6.92 Å². The predicted molar refractivity (Wildman–Crippen MR) is 106 cm³/mol. The number of aliphatic hydroxyl groups is 1. The predicted octanol–water partition coefficient (Wildman–Crippen LogP) is 2.12. The molecule has 1 aliphatic rings. The Morgan fingerprint density at radius 1 is 1.53 bits per heavy atom. The Morgan fingerprint density at radius 3 is 2.87 bits per heavy atom. The third-order valence-electron chi connectivity index (χ3n) is 6.11. The molecule has 10 heteroatoms. The summed E-state index contributed by atoms with van der Waals surface area (Å²) in [5, 5.41) is 20.2. The van der Waals surface area contributed by atoms with Gasteiger partial charge in [-0.2, -0.15) is 14.4 Å². The first kappa shape index (κ1) is 21.9. The van der Waals surface area contributed by atoms with Crippen molar-refractivity contribution in [2.24, 2.45) is 11.3 Å². The topological polar surface area (TPSA) is 136 Å². The van der Waals surface area contributed by atoms with Crippen LogP contribution < -0.4 is 5.73 Å². The molecule has 1 aliphatic heterocycles. The molecule has 9 nitrogen and oxygen atoms in total. The molecular weight excluding hydrogens is 393 g/mol. The largest absolute Gasteiger partial charge is 0.481 e. The Kier molecular flexibility index (Phi) is 5.97. The van der Waals surface area contributed by atoms with Crippen molar-refractivity contribution in [1.29, 1.82) is 0 Å². The lowest BCUT2D eigenvalue weighted by atomic mass is 9.65. The van der Waals surface area contributed by atoms with E-state index in [4.69, 9.17) is 16.9 Å². The van der Waals surface area contributed by atoms with E-state index in [9.17, 15) is 19.4 Å². The van der Waals surface area contributed by atoms with Crippen molar-refractivity contribution < 1.29 is 24.1 Å². The van der Waals surface area contributed by atoms with E-state index < -0.39 is 41.8 Å². The number of terminal acetylenes is 1. The molecule has 30 heavy (non-hydrogen) atoms. The van der Waals surface area contributed by atoms with Gasteiger partial charge in [0, 0.05) is 12.3 Å². The van der Waals surface area contributed by atoms with Crippen LogP contribution >= 0.6 is 0 Å². The van der Waals surface area contributed by atoms with Gasteiger partial charge < -0.3 is 20.7 Å². The Bertz CT molecular complexity index is 989. The zero-order valence-corrected chi connectivity index (χ0v) is 17.0. The molecule has 2 aromatic heterocycles. The van der Waals surface area contributed by atoms with Gasteiger partial charge >= 0.3 is 12.0 Å². The molecule has 0 radical (unpaired) electrons. The number of hydrogen-bond donors (Lipinski definition) is 3. The maximum absolute atomic E-state index is 13.7. The summed E-state index contributed by atoms with van der Waals surface area (Å²) < 4.78 is 21.2. The van der Waals surface area contributed by atoms with Crippen LogP contribution in [0.2, 0.25) is 0 Å². The highest BCUT2D eigenvalue weighted by Gasteiger charge is 2.58. The molecule has 162 valence electrons. The van der Waals surface area contributed by atoms with Crippen LogP contribution in [0.15, 0.2) is 6.33 Å². The second-order valence-electron chi connectivity index (χ2n) is 7.93. The maximum Gasteiger partial charge on any atom is 0.312 e. The van der Waals surface area contributed by atoms with E-state index >= 15 is 0 Å². The summed E-state index contributed by atoms with van der Waals surface area (Å²) in [7, 11) is 0. The molecule has 2 unspecified atom stereocenters. The lowest BCUT2D eigenvalue weighted by molar-refractivity contribution is -0.158. The highest BCUT2D eigenvalue weighted by Crippen LogP contribution is 2.52. The first-order valence-electron chi connectivity index (χ1n) is 9.87. The van der Waals surface area contributed by atoms with Gasteiger partial charge in [0.15, 0.2) is 22.6 Å². The summed E-state index contributed by atoms with van der Waals surface area (Å²) in [6.07, 6.45) is 8.37. The van der Waals surface area contributed by atoms with Gasteiger partial charge in [0.2, 0.25) is 0 Å². The van der Waals surface area contributed by atoms with Crippen molar-refractivity contribution in [3.8, 4) is 12.3 Å². The van der Waals surface area contributed by atoms with Gasteiger partial charge in [-0.1, -0.05) is 32.1 Å². The van der Waals surface area contributed by atoms with Crippen LogP contribution in [-0.4, -0.2) is 47.9 Å². The quantitative estimate of drug-likeness (QED) is 0.336. The number of carboxylic acids is 1. The number of aliphatic carboxylic acids is 1. The monoisotopic (exact) mass is 419 g/mol. The number of nitrogen functional groups attached to an aromatic ring is 1. The summed E-state index contributed by atoms with van der Waals surface area (Å²) in [6, 6.07) is 0. The SMILES string of the molecule is C#CC1(CO)O[C@@H](n2cnc3c(N)nc(F)nc32)C[C@H]1C(C)(CCCCC)C(=O)O. The Labute approximate surface area is 173 Å². The number of halogens is 1. The molecular formula is C20H26FN5O4. The molecule has 0 bridgehead atoms. The standard InChI is InChI=1S/C20H26FN5O4/c1-4-6-7-8-19(3,17(28)29)12-9-13(30-20(12,5-2)10-27)26-11-23-14-15(22)24-18(21)25-16(14)26/h2,11-13,27H,4,6-10H2,1,3H3,(H,28,29)(H2,22,24,25)/t12-,13+,19?,20?/m0/s1. The summed E-state index contributed by atoms with van der Waals surface area (Å²) in [5.41, 5.74) is 3.28. The van der Waals surface area contributed by atoms with Crippen LogP contribution in [0.3, 0.4) is 0 Å². The second-order valence-corrected chi connectivity index (χ2v) is 7.93. The number of aliphatic hydroxyl groups excluding tert-OH is 1. The Morgan fingerprint density at radius 2 is 2.27 bits per heavy atom. The number of fused-ring (bicyclic) bond motifs is 1. The first-order valence-corrected chi connectivity index (χ1v) is 9.87. The van der Waals surface area contributed by atoms with Gasteiger partial charge in [-0.05, 0) is 13.3 Å². The van der Waals surface area contributed by atoms with Gasteiger partial charge in [-0.15, -0.1) is 6.42 Å². The minimum atomic E-state index is -1.52. The average Bonchev–Trinajstić information content (AvgIpc) is 3.30. The number of unbranched alkanes of at least 4 members (excludes halogenated alkanes) is 2. The number of hydrogen-bond acceptors (Lipinski definition) is 7. The first-order chi connectivity index (χ1) is 14.2. The smallest absolute Gasteiger partial charge is 0.312 e. The third-order valence-corrected chi connectivity index (χ3v) is 6.11. The fraction of sp³-hybridized carbons (Fsp3) is 0.600. The maximum atomic E-state index is 13.7. The zero-order chi connectivity index (χ0) is 22.1. The van der Waals surface area contributed by atoms with E-state index in [0.29, 0.717) is 12.8 Å². The van der Waals surface area contributed by atoms with Gasteiger partial charge in [-0.3, -0.25) is 9.36 Å². The van der Waals surface area contributed by atoms with E-state index in [1.54, 1.807) is 6.92 Å². The molecule has 0 saturated carbocycles. The Balaban J connectivity index is 2.04. The van der Waals surface area contributed by atoms with Gasteiger partial charge in [0.25, 0.3) is 0 Å². The fourth-order valence-corrected chi connectivity index (χ4v) is 4.33. The molecule has 0 spiro atoms. The number of anilines is 1. The molecule has 4 atom stereocenters. The van der Waals surface area contributed by atoms with Crippen molar-refractivity contribution in [2.45, 2.75) is 57.8 Å². The average molecular weight is 419 g/mol. The number of carbonyl (C=O) groups is 1. The molecule has 4 N–H and O–H groups in total. The van der Waals surface area contributed by atoms with E-state index in [1.165, 1.54) is 10.9 Å². The molecule has 3 rings (SSSR count). The zero-order valence-electron chi connectivity index (χ0n) is 17.0. The lowest BCUT2D eigenvalue weighted by Gasteiger charge is -2.38. The summed E-state index contributed by atoms with van der Waals surface area (Å²) >= 11 is 0. The highest BCUT2D eigenvalue weighted by atomic mass is 19.1. The number of aromatic nitrogens is 4. The number of nitrogens with zero attached hydrogens (tertiary/aromatic N) is 4. The minimum Gasteiger partial charge on any atom is -0.481 e. The molecule has 2 aromatic rings. The van der Waals surface area contributed by atoms with Crippen LogP contribution in [0.1, 0.15) is 52.2 Å². The third kappa shape index (κ3) is 3.48. The van der Waals surface area contributed by atoms with E-state index in [0.717, 1.165) is 12.8 Å². The van der Waals surface area contributed by atoms with Crippen molar-refractivity contribution in [3.63, 3.8) is 0 Å². The van der Waals surface area contributed by atoms with Gasteiger partial charge in [0.05, 0.1) is 18.3 Å². The van der Waals surface area contributed by atoms with E-state index in [2.05, 4.69) is 20.9 Å². The van der Waals surface area contributed by atoms with Crippen LogP contribution in [0.25, 0.3) is 11.2 Å². The lowest BCUT2D eigenvalue weighted by Crippen LogP contribution is -2.49. The summed E-state index contributed by atoms with van der Waals surface area (Å²) in [5.74, 6) is 0.672. The second kappa shape index (κ2) is 8.16. The van der Waals surface area contributed by atoms with Gasteiger partial charge in [-0.25, -0.2) is 4.98 Å². The molecule has 3 heterocycles. The number of rotatable bonds is 8. The molecule has 0 aromatic carbocycles. The van der Waals surface area contributed by atoms with Crippen LogP contribution in [0, 0.1) is 29.8 Å². The van der Waals surface area contributed by atoms with Crippen molar-refractivity contribution in [3.05, 3.63) is 12.4 Å². The van der Waals surface area contributed by atoms with Gasteiger partial charge in [0.1, 0.15) is 6.23 Å². The minimum absolute atomic E-state index is 0.109. The molecule has 0 aliphatic carbocycles. The Hall–Kier alpha value is -2.77. The summed E-state index contributed by atoms with van der Waals surface area (Å²) in [4.78, 5) is 23.6. The van der Waals surface area contributed by atoms with Crippen molar-refractivity contribution in [2.75, 3.05) is 12.3 Å². The normalized spacial score (nSPS) is 25.8. The number of ether oxygens (including phenoxy) is 1. The number of imidazole rings is 1. The van der Waals surface area contributed by atoms with Crippen LogP contribution in [-0.2, 0) is 9.53 Å². The molecule has 1 fully saturated rings. The molecule has 0 amide bonds. The van der Waals surface area contributed by atoms with Crippen LogP contribution in [0.4, 0.5) is 10.2 Å². The van der Waals surface area contributed by atoms with Crippen molar-refractivity contribution >= 4 is 23.0 Å². The fourth-order valence-electron chi connectivity index (χ4n) is 4.33. The van der Waals surface area contributed by atoms with Crippen molar-refractivity contribution in [1.82, 2.24) is 19.5 Å². The molecule has 1 saturated heterocycles. The highest BCUT2D eigenvalue weighted by molar-refractivity contribution is 5.81. The van der Waals surface area contributed by atoms with Crippen LogP contribution in [0.5, 0.6) is 0 Å². The number of nitrogens with two attached hydrogens (primary N) is 1.